The van der Waals surface area contributed by atoms with Crippen LogP contribution in [0.15, 0.2) is 21.1 Å². The summed E-state index contributed by atoms with van der Waals surface area (Å²) in [6.07, 6.45) is 1.57. The molecule has 0 bridgehead atoms. The van der Waals surface area contributed by atoms with Crippen molar-refractivity contribution >= 4 is 23.4 Å². The van der Waals surface area contributed by atoms with E-state index in [2.05, 4.69) is 15.2 Å². The summed E-state index contributed by atoms with van der Waals surface area (Å²) < 4.78 is 7.83. The average molecular weight is 368 g/mol. The molecule has 0 spiro atoms. The van der Waals surface area contributed by atoms with Crippen molar-refractivity contribution in [3.05, 3.63) is 32.7 Å². The summed E-state index contributed by atoms with van der Waals surface area (Å²) in [6, 6.07) is 0.136. The van der Waals surface area contributed by atoms with Gasteiger partial charge in [-0.3, -0.25) is 19.1 Å². The molecule has 136 valence electrons. The van der Waals surface area contributed by atoms with Crippen LogP contribution in [-0.2, 0) is 11.3 Å². The number of hydrogen-bond acceptors (Lipinski definition) is 8. The number of rotatable bonds is 8. The first kappa shape index (κ1) is 18.9. The Morgan fingerprint density at radius 3 is 2.80 bits per heavy atom. The lowest BCUT2D eigenvalue weighted by molar-refractivity contribution is 0.102. The van der Waals surface area contributed by atoms with Crippen LogP contribution in [0.3, 0.4) is 0 Å². The molecule has 2 heterocycles. The van der Waals surface area contributed by atoms with Crippen molar-refractivity contribution in [2.45, 2.75) is 31.6 Å². The highest BCUT2D eigenvalue weighted by Crippen LogP contribution is 2.20. The molecule has 2 aromatic rings. The summed E-state index contributed by atoms with van der Waals surface area (Å²) in [6.45, 7) is 4.27. The molecule has 10 nitrogen and oxygen atoms in total. The van der Waals surface area contributed by atoms with Crippen LogP contribution in [0.4, 0.5) is 5.82 Å². The van der Waals surface area contributed by atoms with E-state index in [1.165, 1.54) is 7.11 Å². The van der Waals surface area contributed by atoms with Crippen LogP contribution in [-0.4, -0.2) is 49.6 Å². The zero-order valence-electron chi connectivity index (χ0n) is 14.2. The van der Waals surface area contributed by atoms with E-state index in [0.717, 1.165) is 16.3 Å². The maximum absolute atomic E-state index is 12.5. The second-order valence-electron chi connectivity index (χ2n) is 5.49. The minimum atomic E-state index is -0.799. The topological polar surface area (TPSA) is 138 Å². The summed E-state index contributed by atoms with van der Waals surface area (Å²) in [4.78, 5) is 38.4. The van der Waals surface area contributed by atoms with E-state index >= 15 is 0 Å². The summed E-state index contributed by atoms with van der Waals surface area (Å²) in [5.41, 5.74) is 4.16. The lowest BCUT2D eigenvalue weighted by Crippen LogP contribution is -2.37. The third-order valence-electron chi connectivity index (χ3n) is 3.47. The number of ether oxygens (including phenoxy) is 1. The highest BCUT2D eigenvalue weighted by atomic mass is 32.2. The van der Waals surface area contributed by atoms with Crippen molar-refractivity contribution in [2.75, 3.05) is 25.2 Å². The molecule has 0 aliphatic rings. The van der Waals surface area contributed by atoms with Gasteiger partial charge in [-0.25, -0.2) is 4.79 Å². The maximum Gasteiger partial charge on any atom is 0.330 e. The van der Waals surface area contributed by atoms with Gasteiger partial charge in [-0.2, -0.15) is 0 Å². The molecule has 2 aromatic heterocycles. The minimum Gasteiger partial charge on any atom is -0.384 e. The average Bonchev–Trinajstić information content (AvgIpc) is 3.01. The normalized spacial score (nSPS) is 11.2. The zero-order chi connectivity index (χ0) is 18.6. The molecule has 0 saturated carbocycles. The van der Waals surface area contributed by atoms with E-state index < -0.39 is 17.0 Å². The van der Waals surface area contributed by atoms with Gasteiger partial charge in [0, 0.05) is 13.2 Å². The SMILES string of the molecule is COCCn1c(N)c(C(=O)CSc2nncn2C(C)C)c(=O)[nH]c1=O. The molecule has 0 atom stereocenters. The first-order chi connectivity index (χ1) is 11.9. The summed E-state index contributed by atoms with van der Waals surface area (Å²) in [5, 5.41) is 8.33. The maximum atomic E-state index is 12.5. The molecule has 0 radical (unpaired) electrons. The molecule has 0 amide bonds. The standard InChI is InChI=1S/C14H20N6O4S/c1-8(2)20-7-16-18-14(20)25-6-9(21)10-11(15)19(4-5-24-3)13(23)17-12(10)22/h7-8H,4-6,15H2,1-3H3,(H,17,22,23). The molecule has 0 aliphatic carbocycles. The zero-order valence-corrected chi connectivity index (χ0v) is 15.0. The Kier molecular flexibility index (Phi) is 6.15. The van der Waals surface area contributed by atoms with Crippen molar-refractivity contribution in [1.82, 2.24) is 24.3 Å². The number of ketones is 1. The largest absolute Gasteiger partial charge is 0.384 e. The number of nitrogens with two attached hydrogens (primary N) is 1. The van der Waals surface area contributed by atoms with E-state index in [4.69, 9.17) is 10.5 Å². The monoisotopic (exact) mass is 368 g/mol. The van der Waals surface area contributed by atoms with Crippen LogP contribution in [0.5, 0.6) is 0 Å². The lowest BCUT2D eigenvalue weighted by atomic mass is 10.2. The van der Waals surface area contributed by atoms with E-state index in [-0.39, 0.29) is 36.3 Å². The van der Waals surface area contributed by atoms with Crippen LogP contribution < -0.4 is 17.0 Å². The number of aromatic amines is 1. The molecular formula is C14H20N6O4S. The fourth-order valence-electron chi connectivity index (χ4n) is 2.15. The van der Waals surface area contributed by atoms with Crippen LogP contribution in [0.2, 0.25) is 0 Å². The van der Waals surface area contributed by atoms with Gasteiger partial charge in [-0.1, -0.05) is 11.8 Å². The van der Waals surface area contributed by atoms with Crippen LogP contribution in [0.1, 0.15) is 30.2 Å². The molecule has 0 aromatic carbocycles. The molecule has 0 fully saturated rings. The number of anilines is 1. The van der Waals surface area contributed by atoms with E-state index in [0.29, 0.717) is 5.16 Å². The summed E-state index contributed by atoms with van der Waals surface area (Å²) >= 11 is 1.15. The van der Waals surface area contributed by atoms with Gasteiger partial charge in [-0.05, 0) is 13.8 Å². The lowest BCUT2D eigenvalue weighted by Gasteiger charge is -2.12. The molecule has 0 saturated heterocycles. The Morgan fingerprint density at radius 2 is 2.16 bits per heavy atom. The van der Waals surface area contributed by atoms with E-state index in [1.54, 1.807) is 6.33 Å². The van der Waals surface area contributed by atoms with Gasteiger partial charge in [0.15, 0.2) is 10.9 Å². The van der Waals surface area contributed by atoms with Gasteiger partial charge in [0.1, 0.15) is 17.7 Å². The first-order valence-electron chi connectivity index (χ1n) is 7.53. The number of methoxy groups -OCH3 is 1. The highest BCUT2D eigenvalue weighted by molar-refractivity contribution is 7.99. The van der Waals surface area contributed by atoms with Crippen molar-refractivity contribution < 1.29 is 9.53 Å². The summed E-state index contributed by atoms with van der Waals surface area (Å²) in [7, 11) is 1.47. The second-order valence-corrected chi connectivity index (χ2v) is 6.43. The molecule has 25 heavy (non-hydrogen) atoms. The number of aromatic nitrogens is 5. The van der Waals surface area contributed by atoms with Gasteiger partial charge in [0.05, 0.1) is 18.9 Å². The van der Waals surface area contributed by atoms with Crippen LogP contribution >= 0.6 is 11.8 Å². The number of Topliss-reactive ketones (excluding diaryl/α,β-unsaturated/α-hetero) is 1. The Labute approximate surface area is 147 Å². The van der Waals surface area contributed by atoms with Gasteiger partial charge in [0.25, 0.3) is 5.56 Å². The Bertz CT molecular complexity index is 869. The minimum absolute atomic E-state index is 0.0544. The van der Waals surface area contributed by atoms with Gasteiger partial charge in [0.2, 0.25) is 0 Å². The Morgan fingerprint density at radius 1 is 1.44 bits per heavy atom. The van der Waals surface area contributed by atoms with E-state index in [9.17, 15) is 14.4 Å². The molecule has 3 N–H and O–H groups in total. The second kappa shape index (κ2) is 8.12. The number of nitrogens with one attached hydrogen (secondary N) is 1. The fourth-order valence-corrected chi connectivity index (χ4v) is 3.07. The number of hydrogen-bond donors (Lipinski definition) is 2. The molecule has 0 aliphatic heterocycles. The predicted molar refractivity (Wildman–Crippen MR) is 93.1 cm³/mol. The number of H-pyrrole nitrogens is 1. The first-order valence-corrected chi connectivity index (χ1v) is 8.52. The number of nitrogen functional groups attached to an aromatic ring is 1. The van der Waals surface area contributed by atoms with Crippen molar-refractivity contribution in [1.29, 1.82) is 0 Å². The van der Waals surface area contributed by atoms with Crippen molar-refractivity contribution in [2.24, 2.45) is 0 Å². The number of carbonyl (C=O) groups excluding carboxylic acids is 1. The quantitative estimate of drug-likeness (QED) is 0.487. The van der Waals surface area contributed by atoms with Gasteiger partial charge in [-0.15, -0.1) is 10.2 Å². The summed E-state index contributed by atoms with van der Waals surface area (Å²) in [5.74, 6) is -0.712. The number of carbonyl (C=O) groups is 1. The molecule has 0 unspecified atom stereocenters. The Balaban J connectivity index is 2.25. The van der Waals surface area contributed by atoms with Crippen molar-refractivity contribution in [3.8, 4) is 0 Å². The fraction of sp³-hybridized carbons (Fsp3) is 0.500. The third-order valence-corrected chi connectivity index (χ3v) is 4.42. The van der Waals surface area contributed by atoms with E-state index in [1.807, 2.05) is 18.4 Å². The molecule has 11 heteroatoms. The smallest absolute Gasteiger partial charge is 0.330 e. The van der Waals surface area contributed by atoms with Crippen molar-refractivity contribution in [3.63, 3.8) is 0 Å². The van der Waals surface area contributed by atoms with Crippen LogP contribution in [0.25, 0.3) is 0 Å². The predicted octanol–water partition coefficient (Wildman–Crippen LogP) is -0.0874. The van der Waals surface area contributed by atoms with Gasteiger partial charge >= 0.3 is 5.69 Å². The molecule has 2 rings (SSSR count). The number of thioether (sulfide) groups is 1. The Hall–Kier alpha value is -2.40. The highest BCUT2D eigenvalue weighted by Gasteiger charge is 2.20. The third kappa shape index (κ3) is 4.17. The number of nitrogens with zero attached hydrogens (tertiary/aromatic N) is 4. The molecular weight excluding hydrogens is 348 g/mol. The van der Waals surface area contributed by atoms with Crippen LogP contribution in [0, 0.1) is 0 Å². The van der Waals surface area contributed by atoms with Gasteiger partial charge < -0.3 is 15.0 Å².